The summed E-state index contributed by atoms with van der Waals surface area (Å²) in [7, 11) is 0. The van der Waals surface area contributed by atoms with Crippen LogP contribution in [0.2, 0.25) is 0 Å². The largest absolute Gasteiger partial charge is 0.396 e. The van der Waals surface area contributed by atoms with E-state index >= 15 is 0 Å². The molecule has 23 heavy (non-hydrogen) atoms. The summed E-state index contributed by atoms with van der Waals surface area (Å²) in [6, 6.07) is 9.75. The van der Waals surface area contributed by atoms with E-state index in [-0.39, 0.29) is 17.9 Å². The summed E-state index contributed by atoms with van der Waals surface area (Å²) in [4.78, 5) is 19.4. The van der Waals surface area contributed by atoms with Crippen LogP contribution in [0.4, 0.5) is 0 Å². The molecule has 2 heterocycles. The SMILES string of the molecule is CCC1(CO)CCN(C(=O)c2cccc3ccc(C)nc23)CC1. The summed E-state index contributed by atoms with van der Waals surface area (Å²) in [5.74, 6) is 0.0522. The highest BCUT2D eigenvalue weighted by molar-refractivity contribution is 6.05. The molecule has 0 spiro atoms. The minimum Gasteiger partial charge on any atom is -0.396 e. The van der Waals surface area contributed by atoms with Crippen molar-refractivity contribution < 1.29 is 9.90 Å². The van der Waals surface area contributed by atoms with E-state index in [1.807, 2.05) is 42.2 Å². The second-order valence-corrected chi connectivity index (χ2v) is 6.63. The number of carbonyl (C=O) groups is 1. The maximum absolute atomic E-state index is 12.9. The Hall–Kier alpha value is -1.94. The molecule has 0 unspecified atom stereocenters. The van der Waals surface area contributed by atoms with E-state index in [1.165, 1.54) is 0 Å². The molecular weight excluding hydrogens is 288 g/mol. The Bertz CT molecular complexity index is 712. The first kappa shape index (κ1) is 15.9. The number of amides is 1. The number of fused-ring (bicyclic) bond motifs is 1. The molecule has 2 aromatic rings. The van der Waals surface area contributed by atoms with Crippen LogP contribution in [0.3, 0.4) is 0 Å². The third-order valence-electron chi connectivity index (χ3n) is 5.29. The van der Waals surface area contributed by atoms with E-state index in [1.54, 1.807) is 0 Å². The highest BCUT2D eigenvalue weighted by Crippen LogP contribution is 2.34. The molecule has 122 valence electrons. The van der Waals surface area contributed by atoms with Crippen molar-refractivity contribution in [2.75, 3.05) is 19.7 Å². The fourth-order valence-electron chi connectivity index (χ4n) is 3.40. The van der Waals surface area contributed by atoms with Gasteiger partial charge in [-0.25, -0.2) is 0 Å². The number of aromatic nitrogens is 1. The number of carbonyl (C=O) groups excluding carboxylic acids is 1. The minimum absolute atomic E-state index is 0.00955. The third kappa shape index (κ3) is 2.95. The Morgan fingerprint density at radius 2 is 2.00 bits per heavy atom. The molecular formula is C19H24N2O2. The molecule has 1 aromatic heterocycles. The average molecular weight is 312 g/mol. The molecule has 4 nitrogen and oxygen atoms in total. The van der Waals surface area contributed by atoms with Crippen molar-refractivity contribution in [3.05, 3.63) is 41.6 Å². The first-order valence-corrected chi connectivity index (χ1v) is 8.35. The molecule has 0 radical (unpaired) electrons. The topological polar surface area (TPSA) is 53.4 Å². The maximum Gasteiger partial charge on any atom is 0.256 e. The first-order chi connectivity index (χ1) is 11.1. The van der Waals surface area contributed by atoms with Crippen molar-refractivity contribution in [1.82, 2.24) is 9.88 Å². The van der Waals surface area contributed by atoms with Crippen LogP contribution < -0.4 is 0 Å². The number of aliphatic hydroxyl groups is 1. The number of pyridine rings is 1. The number of piperidine rings is 1. The smallest absolute Gasteiger partial charge is 0.256 e. The monoisotopic (exact) mass is 312 g/mol. The Balaban J connectivity index is 1.86. The van der Waals surface area contributed by atoms with Crippen LogP contribution in [0.15, 0.2) is 30.3 Å². The maximum atomic E-state index is 12.9. The van der Waals surface area contributed by atoms with Gasteiger partial charge < -0.3 is 10.0 Å². The predicted molar refractivity (Wildman–Crippen MR) is 91.4 cm³/mol. The summed E-state index contributed by atoms with van der Waals surface area (Å²) in [5, 5.41) is 10.6. The van der Waals surface area contributed by atoms with Gasteiger partial charge in [0.1, 0.15) is 0 Å². The molecule has 0 bridgehead atoms. The molecule has 1 N–H and O–H groups in total. The Kier molecular flexibility index (Phi) is 4.35. The van der Waals surface area contributed by atoms with Crippen molar-refractivity contribution in [1.29, 1.82) is 0 Å². The van der Waals surface area contributed by atoms with Crippen LogP contribution in [-0.2, 0) is 0 Å². The standard InChI is InChI=1S/C19H24N2O2/c1-3-19(13-22)9-11-21(12-10-19)18(23)16-6-4-5-15-8-7-14(2)20-17(15)16/h4-8,22H,3,9-13H2,1-2H3. The zero-order valence-corrected chi connectivity index (χ0v) is 13.9. The van der Waals surface area contributed by atoms with Crippen LogP contribution in [-0.4, -0.2) is 40.6 Å². The van der Waals surface area contributed by atoms with Gasteiger partial charge in [-0.2, -0.15) is 0 Å². The number of para-hydroxylation sites is 1. The molecule has 1 aromatic carbocycles. The van der Waals surface area contributed by atoms with Crippen molar-refractivity contribution in [2.24, 2.45) is 5.41 Å². The van der Waals surface area contributed by atoms with E-state index in [2.05, 4.69) is 11.9 Å². The normalized spacial score (nSPS) is 17.4. The molecule has 0 aliphatic carbocycles. The van der Waals surface area contributed by atoms with Gasteiger partial charge in [0.15, 0.2) is 0 Å². The molecule has 0 saturated carbocycles. The number of nitrogens with zero attached hydrogens (tertiary/aromatic N) is 2. The van der Waals surface area contributed by atoms with Gasteiger partial charge in [-0.05, 0) is 43.7 Å². The van der Waals surface area contributed by atoms with Gasteiger partial charge in [-0.3, -0.25) is 9.78 Å². The molecule has 4 heteroatoms. The lowest BCUT2D eigenvalue weighted by atomic mass is 9.77. The molecule has 1 amide bonds. The van der Waals surface area contributed by atoms with E-state index in [4.69, 9.17) is 0 Å². The van der Waals surface area contributed by atoms with E-state index in [0.717, 1.165) is 35.9 Å². The second-order valence-electron chi connectivity index (χ2n) is 6.63. The fraction of sp³-hybridized carbons (Fsp3) is 0.474. The van der Waals surface area contributed by atoms with Gasteiger partial charge in [0.2, 0.25) is 0 Å². The third-order valence-corrected chi connectivity index (χ3v) is 5.29. The molecule has 1 aliphatic rings. The number of hydrogen-bond donors (Lipinski definition) is 1. The molecule has 1 fully saturated rings. The Morgan fingerprint density at radius 1 is 1.26 bits per heavy atom. The van der Waals surface area contributed by atoms with Gasteiger partial charge in [-0.1, -0.05) is 25.1 Å². The van der Waals surface area contributed by atoms with Crippen LogP contribution in [0, 0.1) is 12.3 Å². The lowest BCUT2D eigenvalue weighted by Gasteiger charge is -2.40. The zero-order valence-electron chi connectivity index (χ0n) is 13.9. The molecule has 0 atom stereocenters. The highest BCUT2D eigenvalue weighted by atomic mass is 16.3. The first-order valence-electron chi connectivity index (χ1n) is 8.35. The Morgan fingerprint density at radius 3 is 2.65 bits per heavy atom. The van der Waals surface area contributed by atoms with Gasteiger partial charge in [0.05, 0.1) is 11.1 Å². The summed E-state index contributed by atoms with van der Waals surface area (Å²) in [6.07, 6.45) is 2.69. The van der Waals surface area contributed by atoms with Crippen LogP contribution >= 0.6 is 0 Å². The number of likely N-dealkylation sites (tertiary alicyclic amines) is 1. The van der Waals surface area contributed by atoms with Crippen molar-refractivity contribution in [3.8, 4) is 0 Å². The summed E-state index contributed by atoms with van der Waals surface area (Å²) in [6.45, 7) is 5.68. The van der Waals surface area contributed by atoms with Crippen LogP contribution in [0.25, 0.3) is 10.9 Å². The van der Waals surface area contributed by atoms with E-state index in [9.17, 15) is 9.90 Å². The van der Waals surface area contributed by atoms with Gasteiger partial charge >= 0.3 is 0 Å². The zero-order chi connectivity index (χ0) is 16.4. The van der Waals surface area contributed by atoms with Crippen molar-refractivity contribution in [2.45, 2.75) is 33.1 Å². The minimum atomic E-state index is -0.00955. The number of rotatable bonds is 3. The summed E-state index contributed by atoms with van der Waals surface area (Å²) < 4.78 is 0. The number of aliphatic hydroxyl groups excluding tert-OH is 1. The fourth-order valence-corrected chi connectivity index (χ4v) is 3.40. The van der Waals surface area contributed by atoms with Crippen LogP contribution in [0.5, 0.6) is 0 Å². The molecule has 1 saturated heterocycles. The van der Waals surface area contributed by atoms with Crippen LogP contribution in [0.1, 0.15) is 42.2 Å². The molecule has 1 aliphatic heterocycles. The predicted octanol–water partition coefficient (Wildman–Crippen LogP) is 3.17. The second kappa shape index (κ2) is 6.28. The number of hydrogen-bond acceptors (Lipinski definition) is 3. The lowest BCUT2D eigenvalue weighted by molar-refractivity contribution is 0.0339. The van der Waals surface area contributed by atoms with E-state index < -0.39 is 0 Å². The average Bonchev–Trinajstić information content (AvgIpc) is 2.60. The summed E-state index contributed by atoms with van der Waals surface area (Å²) >= 11 is 0. The van der Waals surface area contributed by atoms with Gasteiger partial charge in [0, 0.05) is 30.8 Å². The van der Waals surface area contributed by atoms with Gasteiger partial charge in [0.25, 0.3) is 5.91 Å². The number of benzene rings is 1. The molecule has 3 rings (SSSR count). The highest BCUT2D eigenvalue weighted by Gasteiger charge is 2.34. The number of aryl methyl sites for hydroxylation is 1. The van der Waals surface area contributed by atoms with E-state index in [0.29, 0.717) is 18.7 Å². The summed E-state index contributed by atoms with van der Waals surface area (Å²) in [5.41, 5.74) is 2.37. The lowest BCUT2D eigenvalue weighted by Crippen LogP contribution is -2.44. The quantitative estimate of drug-likeness (QED) is 0.947. The Labute approximate surface area is 137 Å². The van der Waals surface area contributed by atoms with Crippen molar-refractivity contribution in [3.63, 3.8) is 0 Å². The van der Waals surface area contributed by atoms with Gasteiger partial charge in [-0.15, -0.1) is 0 Å². The van der Waals surface area contributed by atoms with Crippen molar-refractivity contribution >= 4 is 16.8 Å².